The van der Waals surface area contributed by atoms with Gasteiger partial charge in [-0.05, 0) is 24.6 Å². The molecular weight excluding hydrogens is 382 g/mol. The fourth-order valence-electron chi connectivity index (χ4n) is 3.75. The lowest BCUT2D eigenvalue weighted by molar-refractivity contribution is -0.117. The number of aromatic nitrogens is 2. The van der Waals surface area contributed by atoms with Gasteiger partial charge in [-0.2, -0.15) is 5.26 Å². The predicted octanol–water partition coefficient (Wildman–Crippen LogP) is 2.20. The van der Waals surface area contributed by atoms with E-state index < -0.39 is 0 Å². The molecule has 0 atom stereocenters. The number of rotatable bonds is 5. The molecule has 9 nitrogen and oxygen atoms in total. The Hall–Kier alpha value is -4.06. The molecule has 0 radical (unpaired) electrons. The van der Waals surface area contributed by atoms with E-state index in [-0.39, 0.29) is 24.0 Å². The average Bonchev–Trinajstić information content (AvgIpc) is 3.04. The molecule has 0 saturated heterocycles. The Balaban J connectivity index is 1.88. The summed E-state index contributed by atoms with van der Waals surface area (Å²) in [5.41, 5.74) is 14.2. The number of hydrogen-bond donors (Lipinski definition) is 3. The van der Waals surface area contributed by atoms with E-state index >= 15 is 0 Å². The minimum absolute atomic E-state index is 0.110. The zero-order chi connectivity index (χ0) is 21.4. The number of nitrogens with one attached hydrogen (secondary N) is 1. The highest BCUT2D eigenvalue weighted by Gasteiger charge is 2.33. The first kappa shape index (κ1) is 19.3. The van der Waals surface area contributed by atoms with Gasteiger partial charge in [0.25, 0.3) is 0 Å². The van der Waals surface area contributed by atoms with Crippen LogP contribution in [0.3, 0.4) is 0 Å². The Morgan fingerprint density at radius 2 is 1.90 bits per heavy atom. The molecule has 1 amide bonds. The van der Waals surface area contributed by atoms with Crippen molar-refractivity contribution in [2.45, 2.75) is 19.9 Å². The second-order valence-electron chi connectivity index (χ2n) is 6.92. The summed E-state index contributed by atoms with van der Waals surface area (Å²) in [4.78, 5) is 23.2. The molecule has 1 aliphatic rings. The number of nitrogens with zero attached hydrogens (tertiary/aromatic N) is 4. The van der Waals surface area contributed by atoms with Gasteiger partial charge >= 0.3 is 0 Å². The number of nitrogen functional groups attached to an aromatic ring is 2. The van der Waals surface area contributed by atoms with Gasteiger partial charge in [0, 0.05) is 17.5 Å². The maximum Gasteiger partial charge on any atom is 0.233 e. The molecule has 0 saturated carbocycles. The van der Waals surface area contributed by atoms with Crippen molar-refractivity contribution in [3.8, 4) is 11.8 Å². The molecule has 0 unspecified atom stereocenters. The number of carbonyl (C=O) groups excluding carboxylic acids is 1. The van der Waals surface area contributed by atoms with E-state index in [1.807, 2.05) is 31.2 Å². The lowest BCUT2D eigenvalue weighted by Crippen LogP contribution is -2.26. The summed E-state index contributed by atoms with van der Waals surface area (Å²) < 4.78 is 5.18. The van der Waals surface area contributed by atoms with Crippen molar-refractivity contribution in [3.63, 3.8) is 0 Å². The molecule has 0 bridgehead atoms. The van der Waals surface area contributed by atoms with Gasteiger partial charge in [-0.25, -0.2) is 9.97 Å². The molecule has 1 aromatic carbocycles. The second-order valence-corrected chi connectivity index (χ2v) is 6.92. The summed E-state index contributed by atoms with van der Waals surface area (Å²) in [6, 6.07) is 9.64. The van der Waals surface area contributed by atoms with Gasteiger partial charge in [0.1, 0.15) is 40.7 Å². The van der Waals surface area contributed by atoms with E-state index in [1.54, 1.807) is 12.0 Å². The Kier molecular flexibility index (Phi) is 4.75. The molecule has 3 aromatic rings. The van der Waals surface area contributed by atoms with Crippen LogP contribution in [0, 0.1) is 11.3 Å². The van der Waals surface area contributed by atoms with Gasteiger partial charge < -0.3 is 21.5 Å². The van der Waals surface area contributed by atoms with Crippen LogP contribution in [-0.2, 0) is 17.8 Å². The third-order valence-electron chi connectivity index (χ3n) is 5.12. The van der Waals surface area contributed by atoms with E-state index in [9.17, 15) is 10.1 Å². The van der Waals surface area contributed by atoms with Crippen molar-refractivity contribution in [1.82, 2.24) is 9.97 Å². The average molecular weight is 403 g/mol. The molecule has 2 aromatic heterocycles. The fraction of sp³-hybridized carbons (Fsp3) is 0.238. The van der Waals surface area contributed by atoms with Crippen LogP contribution in [0.15, 0.2) is 24.3 Å². The van der Waals surface area contributed by atoms with E-state index in [4.69, 9.17) is 16.2 Å². The zero-order valence-electron chi connectivity index (χ0n) is 16.7. The zero-order valence-corrected chi connectivity index (χ0v) is 16.7. The lowest BCUT2D eigenvalue weighted by atomic mass is 10.0. The quantitative estimate of drug-likeness (QED) is 0.588. The first-order valence-corrected chi connectivity index (χ1v) is 9.47. The largest absolute Gasteiger partial charge is 0.497 e. The number of nitriles is 1. The minimum atomic E-state index is -0.121. The Morgan fingerprint density at radius 1 is 1.20 bits per heavy atom. The third-order valence-corrected chi connectivity index (χ3v) is 5.12. The number of nitrogens with two attached hydrogens (primary N) is 2. The van der Waals surface area contributed by atoms with Crippen molar-refractivity contribution >= 4 is 40.0 Å². The number of hydrogen-bond acceptors (Lipinski definition) is 8. The summed E-state index contributed by atoms with van der Waals surface area (Å²) >= 11 is 0. The molecule has 30 heavy (non-hydrogen) atoms. The number of pyridine rings is 2. The maximum absolute atomic E-state index is 12.9. The molecule has 1 aliphatic heterocycles. The minimum Gasteiger partial charge on any atom is -0.497 e. The van der Waals surface area contributed by atoms with Crippen molar-refractivity contribution in [1.29, 1.82) is 5.26 Å². The van der Waals surface area contributed by atoms with E-state index in [0.717, 1.165) is 11.3 Å². The topological polar surface area (TPSA) is 143 Å². The normalized spacial score (nSPS) is 12.7. The number of ether oxygens (including phenoxy) is 1. The summed E-state index contributed by atoms with van der Waals surface area (Å²) in [5, 5.41) is 13.8. The van der Waals surface area contributed by atoms with E-state index in [2.05, 4.69) is 21.4 Å². The molecule has 0 aliphatic carbocycles. The highest BCUT2D eigenvalue weighted by Crippen LogP contribution is 2.41. The predicted molar refractivity (Wildman–Crippen MR) is 115 cm³/mol. The highest BCUT2D eigenvalue weighted by atomic mass is 16.5. The van der Waals surface area contributed by atoms with Crippen molar-refractivity contribution in [3.05, 3.63) is 41.0 Å². The van der Waals surface area contributed by atoms with Gasteiger partial charge in [-0.15, -0.1) is 0 Å². The van der Waals surface area contributed by atoms with Gasteiger partial charge in [-0.3, -0.25) is 9.69 Å². The van der Waals surface area contributed by atoms with Crippen LogP contribution in [0.4, 0.5) is 23.3 Å². The van der Waals surface area contributed by atoms with Crippen LogP contribution >= 0.6 is 0 Å². The van der Waals surface area contributed by atoms with Crippen LogP contribution in [0.25, 0.3) is 10.8 Å². The molecule has 9 heteroatoms. The molecular formula is C21H21N7O2. The van der Waals surface area contributed by atoms with Crippen molar-refractivity contribution in [2.75, 3.05) is 35.3 Å². The van der Waals surface area contributed by atoms with Crippen molar-refractivity contribution < 1.29 is 9.53 Å². The Morgan fingerprint density at radius 3 is 2.53 bits per heavy atom. The van der Waals surface area contributed by atoms with Gasteiger partial charge in [0.05, 0.1) is 25.5 Å². The number of fused-ring (bicyclic) bond motifs is 3. The van der Waals surface area contributed by atoms with Crippen LogP contribution in [0.1, 0.15) is 23.6 Å². The number of carbonyl (C=O) groups is 1. The SMILES string of the molecule is CCNc1nc(N)c2c(N)nc3c(c2c1C#N)CC(=O)N3Cc1ccc(OC)cc1. The number of methoxy groups -OCH3 is 1. The monoisotopic (exact) mass is 403 g/mol. The fourth-order valence-corrected chi connectivity index (χ4v) is 3.75. The third kappa shape index (κ3) is 2.99. The van der Waals surface area contributed by atoms with Gasteiger partial charge in [-0.1, -0.05) is 12.1 Å². The van der Waals surface area contributed by atoms with Crippen LogP contribution in [-0.4, -0.2) is 29.5 Å². The molecule has 0 fully saturated rings. The van der Waals surface area contributed by atoms with Crippen molar-refractivity contribution in [2.24, 2.45) is 0 Å². The summed E-state index contributed by atoms with van der Waals surface area (Å²) in [7, 11) is 1.60. The molecule has 5 N–H and O–H groups in total. The lowest BCUT2D eigenvalue weighted by Gasteiger charge is -2.19. The summed E-state index contributed by atoms with van der Waals surface area (Å²) in [5.74, 6) is 1.75. The number of anilines is 4. The first-order chi connectivity index (χ1) is 14.5. The Bertz CT molecular complexity index is 1200. The number of benzene rings is 1. The highest BCUT2D eigenvalue weighted by molar-refractivity contribution is 6.13. The molecule has 0 spiro atoms. The molecule has 3 heterocycles. The van der Waals surface area contributed by atoms with Crippen LogP contribution in [0.5, 0.6) is 5.75 Å². The standard InChI is InChI=1S/C21H21N7O2/c1-3-25-20-14(9-22)16-13-8-15(29)28(10-11-4-6-12(30-2)7-5-11)21(13)27-19(24)17(16)18(23)26-20/h4-7H,3,8,10H2,1-2H3,(H2,24,27)(H3,23,25,26). The van der Waals surface area contributed by atoms with E-state index in [1.165, 1.54) is 0 Å². The maximum atomic E-state index is 12.9. The molecule has 4 rings (SSSR count). The van der Waals surface area contributed by atoms with Crippen LogP contribution in [0.2, 0.25) is 0 Å². The summed E-state index contributed by atoms with van der Waals surface area (Å²) in [6.45, 7) is 2.79. The Labute approximate surface area is 173 Å². The smallest absolute Gasteiger partial charge is 0.233 e. The van der Waals surface area contributed by atoms with Crippen LogP contribution < -0.4 is 26.4 Å². The summed E-state index contributed by atoms with van der Waals surface area (Å²) in [6.07, 6.45) is 0.110. The van der Waals surface area contributed by atoms with E-state index in [0.29, 0.717) is 46.6 Å². The van der Waals surface area contributed by atoms with Gasteiger partial charge in [0.15, 0.2) is 0 Å². The first-order valence-electron chi connectivity index (χ1n) is 9.47. The van der Waals surface area contributed by atoms with Gasteiger partial charge in [0.2, 0.25) is 5.91 Å². The number of amides is 1. The molecule has 152 valence electrons. The second kappa shape index (κ2) is 7.40.